The van der Waals surface area contributed by atoms with Crippen molar-refractivity contribution < 1.29 is 4.79 Å². The molecule has 1 heterocycles. The summed E-state index contributed by atoms with van der Waals surface area (Å²) in [4.78, 5) is 15.7. The van der Waals surface area contributed by atoms with Crippen LogP contribution in [0.5, 0.6) is 0 Å². The third-order valence-electron chi connectivity index (χ3n) is 1.38. The normalized spacial score (nSPS) is 9.62. The highest BCUT2D eigenvalue weighted by Crippen LogP contribution is 2.17. The molecule has 0 saturated carbocycles. The minimum atomic E-state index is -0.157. The van der Waals surface area contributed by atoms with E-state index in [1.54, 1.807) is 6.20 Å². The fraction of sp³-hybridized carbons (Fsp3) is 0.250. The Morgan fingerprint density at radius 2 is 2.62 bits per heavy atom. The Labute approximate surface area is 85.4 Å². The van der Waals surface area contributed by atoms with Crippen molar-refractivity contribution in [3.05, 3.63) is 28.2 Å². The Morgan fingerprint density at radius 1 is 1.85 bits per heavy atom. The molecule has 0 atom stereocenters. The lowest BCUT2D eigenvalue weighted by Gasteiger charge is -1.98. The Hall–Kier alpha value is -0.870. The van der Waals surface area contributed by atoms with Crippen molar-refractivity contribution in [2.45, 2.75) is 6.42 Å². The summed E-state index contributed by atoms with van der Waals surface area (Å²) in [6.07, 6.45) is 3.72. The Kier molecular flexibility index (Phi) is 3.92. The van der Waals surface area contributed by atoms with Crippen molar-refractivity contribution in [3.63, 3.8) is 0 Å². The van der Waals surface area contributed by atoms with Crippen LogP contribution in [0.25, 0.3) is 0 Å². The largest absolute Gasteiger partial charge is 0.352 e. The first-order chi connectivity index (χ1) is 6.22. The number of amides is 1. The second-order valence-corrected chi connectivity index (χ2v) is 4.02. The molecule has 0 aliphatic carbocycles. The molecule has 1 amide bonds. The highest BCUT2D eigenvalue weighted by atomic mass is 35.5. The summed E-state index contributed by atoms with van der Waals surface area (Å²) in [5.74, 6) is -0.157. The molecular weight excluding hydrogens is 208 g/mol. The second kappa shape index (κ2) is 4.99. The zero-order valence-electron chi connectivity index (χ0n) is 6.92. The van der Waals surface area contributed by atoms with Gasteiger partial charge in [-0.3, -0.25) is 4.79 Å². The van der Waals surface area contributed by atoms with E-state index in [0.29, 0.717) is 11.0 Å². The standard InChI is InChI=1S/C8H9ClN2OS/c1-2-7(12)10-4-3-6-5-11-8(9)13-6/h2,5H,1,3-4H2,(H,10,12). The minimum Gasteiger partial charge on any atom is -0.352 e. The monoisotopic (exact) mass is 216 g/mol. The number of thiazole rings is 1. The number of nitrogens with one attached hydrogen (secondary N) is 1. The van der Waals surface area contributed by atoms with Crippen LogP contribution in [0.3, 0.4) is 0 Å². The quantitative estimate of drug-likeness (QED) is 0.778. The van der Waals surface area contributed by atoms with Gasteiger partial charge in [-0.1, -0.05) is 18.2 Å². The van der Waals surface area contributed by atoms with Crippen LogP contribution in [0.1, 0.15) is 4.88 Å². The van der Waals surface area contributed by atoms with Crippen molar-refractivity contribution in [2.75, 3.05) is 6.54 Å². The number of aromatic nitrogens is 1. The fourth-order valence-electron chi connectivity index (χ4n) is 0.780. The summed E-state index contributed by atoms with van der Waals surface area (Å²) in [6, 6.07) is 0. The van der Waals surface area contributed by atoms with Crippen LogP contribution in [0.15, 0.2) is 18.9 Å². The van der Waals surface area contributed by atoms with Gasteiger partial charge in [-0.15, -0.1) is 11.3 Å². The first-order valence-corrected chi connectivity index (χ1v) is 4.92. The van der Waals surface area contributed by atoms with Gasteiger partial charge < -0.3 is 5.32 Å². The van der Waals surface area contributed by atoms with Crippen LogP contribution in [0, 0.1) is 0 Å². The molecule has 0 spiro atoms. The number of carbonyl (C=O) groups excluding carboxylic acids is 1. The molecule has 0 saturated heterocycles. The van der Waals surface area contributed by atoms with E-state index in [-0.39, 0.29) is 5.91 Å². The van der Waals surface area contributed by atoms with E-state index in [1.807, 2.05) is 0 Å². The average Bonchev–Trinajstić information content (AvgIpc) is 2.51. The van der Waals surface area contributed by atoms with Gasteiger partial charge in [0.2, 0.25) is 5.91 Å². The lowest BCUT2D eigenvalue weighted by atomic mass is 10.4. The third-order valence-corrected chi connectivity index (χ3v) is 2.56. The van der Waals surface area contributed by atoms with Crippen LogP contribution in [-0.2, 0) is 11.2 Å². The molecule has 0 aliphatic rings. The molecule has 0 aromatic carbocycles. The summed E-state index contributed by atoms with van der Waals surface area (Å²) in [7, 11) is 0. The molecule has 13 heavy (non-hydrogen) atoms. The predicted octanol–water partition coefficient (Wildman–Crippen LogP) is 1.64. The minimum absolute atomic E-state index is 0.157. The maximum atomic E-state index is 10.7. The predicted molar refractivity (Wildman–Crippen MR) is 54.0 cm³/mol. The molecule has 1 rings (SSSR count). The maximum Gasteiger partial charge on any atom is 0.243 e. The van der Waals surface area contributed by atoms with E-state index in [2.05, 4.69) is 16.9 Å². The summed E-state index contributed by atoms with van der Waals surface area (Å²) >= 11 is 7.06. The number of rotatable bonds is 4. The summed E-state index contributed by atoms with van der Waals surface area (Å²) < 4.78 is 0.532. The van der Waals surface area contributed by atoms with Crippen LogP contribution in [-0.4, -0.2) is 17.4 Å². The van der Waals surface area contributed by atoms with Crippen LogP contribution in [0.4, 0.5) is 0 Å². The van der Waals surface area contributed by atoms with Crippen LogP contribution < -0.4 is 5.32 Å². The van der Waals surface area contributed by atoms with E-state index in [1.165, 1.54) is 17.4 Å². The Morgan fingerprint density at radius 3 is 3.15 bits per heavy atom. The molecule has 1 N–H and O–H groups in total. The Bertz CT molecular complexity index is 311. The molecule has 0 bridgehead atoms. The zero-order chi connectivity index (χ0) is 9.68. The van der Waals surface area contributed by atoms with Gasteiger partial charge in [-0.05, 0) is 6.08 Å². The molecule has 70 valence electrons. The third kappa shape index (κ3) is 3.57. The van der Waals surface area contributed by atoms with Crippen LogP contribution in [0.2, 0.25) is 4.47 Å². The van der Waals surface area contributed by atoms with Crippen molar-refractivity contribution in [1.82, 2.24) is 10.3 Å². The maximum absolute atomic E-state index is 10.7. The molecule has 5 heteroatoms. The lowest BCUT2D eigenvalue weighted by Crippen LogP contribution is -2.22. The summed E-state index contributed by atoms with van der Waals surface area (Å²) in [6.45, 7) is 3.93. The SMILES string of the molecule is C=CC(=O)NCCc1cnc(Cl)s1. The number of hydrogen-bond acceptors (Lipinski definition) is 3. The van der Waals surface area contributed by atoms with Crippen molar-refractivity contribution in [2.24, 2.45) is 0 Å². The summed E-state index contributed by atoms with van der Waals surface area (Å²) in [5.41, 5.74) is 0. The second-order valence-electron chi connectivity index (χ2n) is 2.32. The van der Waals surface area contributed by atoms with E-state index in [9.17, 15) is 4.79 Å². The molecule has 0 radical (unpaired) electrons. The summed E-state index contributed by atoms with van der Waals surface area (Å²) in [5, 5.41) is 2.67. The molecule has 0 unspecified atom stereocenters. The number of hydrogen-bond donors (Lipinski definition) is 1. The van der Waals surface area contributed by atoms with E-state index >= 15 is 0 Å². The number of nitrogens with zero attached hydrogens (tertiary/aromatic N) is 1. The van der Waals surface area contributed by atoms with Gasteiger partial charge >= 0.3 is 0 Å². The molecule has 0 aliphatic heterocycles. The smallest absolute Gasteiger partial charge is 0.243 e. The number of halogens is 1. The van der Waals surface area contributed by atoms with Gasteiger partial charge in [0.15, 0.2) is 4.47 Å². The molecule has 1 aromatic rings. The van der Waals surface area contributed by atoms with E-state index < -0.39 is 0 Å². The lowest BCUT2D eigenvalue weighted by molar-refractivity contribution is -0.116. The van der Waals surface area contributed by atoms with Gasteiger partial charge in [0.05, 0.1) is 0 Å². The average molecular weight is 217 g/mol. The highest BCUT2D eigenvalue weighted by molar-refractivity contribution is 7.15. The molecule has 0 fully saturated rings. The van der Waals surface area contributed by atoms with E-state index in [0.717, 1.165) is 11.3 Å². The van der Waals surface area contributed by atoms with Gasteiger partial charge in [0.1, 0.15) is 0 Å². The van der Waals surface area contributed by atoms with Crippen molar-refractivity contribution in [1.29, 1.82) is 0 Å². The topological polar surface area (TPSA) is 42.0 Å². The zero-order valence-corrected chi connectivity index (χ0v) is 8.49. The van der Waals surface area contributed by atoms with Gasteiger partial charge in [-0.2, -0.15) is 0 Å². The first-order valence-electron chi connectivity index (χ1n) is 3.73. The molecule has 1 aromatic heterocycles. The first kappa shape index (κ1) is 10.2. The van der Waals surface area contributed by atoms with E-state index in [4.69, 9.17) is 11.6 Å². The fourth-order valence-corrected chi connectivity index (χ4v) is 1.76. The van der Waals surface area contributed by atoms with Crippen molar-refractivity contribution >= 4 is 28.8 Å². The van der Waals surface area contributed by atoms with Crippen LogP contribution >= 0.6 is 22.9 Å². The Balaban J connectivity index is 2.27. The molecule has 3 nitrogen and oxygen atoms in total. The molecular formula is C8H9ClN2OS. The van der Waals surface area contributed by atoms with Gasteiger partial charge in [-0.25, -0.2) is 4.98 Å². The van der Waals surface area contributed by atoms with Gasteiger partial charge in [0, 0.05) is 24.0 Å². The van der Waals surface area contributed by atoms with Gasteiger partial charge in [0.25, 0.3) is 0 Å². The number of carbonyl (C=O) groups is 1. The van der Waals surface area contributed by atoms with Crippen molar-refractivity contribution in [3.8, 4) is 0 Å². The highest BCUT2D eigenvalue weighted by Gasteiger charge is 1.99.